The molecular formula is C16H22FNO3. The Morgan fingerprint density at radius 1 is 1.38 bits per heavy atom. The molecule has 1 heterocycles. The maximum atomic E-state index is 12.8. The van der Waals surface area contributed by atoms with E-state index in [4.69, 9.17) is 9.47 Å². The van der Waals surface area contributed by atoms with E-state index >= 15 is 0 Å². The van der Waals surface area contributed by atoms with Crippen molar-refractivity contribution in [1.82, 2.24) is 4.90 Å². The molecule has 1 aliphatic rings. The van der Waals surface area contributed by atoms with E-state index in [0.29, 0.717) is 19.0 Å². The van der Waals surface area contributed by atoms with Crippen LogP contribution in [0, 0.1) is 11.7 Å². The molecule has 2 rings (SSSR count). The summed E-state index contributed by atoms with van der Waals surface area (Å²) in [5.74, 6) is 0.275. The van der Waals surface area contributed by atoms with E-state index in [9.17, 15) is 9.18 Å². The molecule has 4 nitrogen and oxygen atoms in total. The summed E-state index contributed by atoms with van der Waals surface area (Å²) in [5.41, 5.74) is 0. The summed E-state index contributed by atoms with van der Waals surface area (Å²) in [7, 11) is 0. The molecule has 0 saturated carbocycles. The highest BCUT2D eigenvalue weighted by molar-refractivity contribution is 5.72. The Bertz CT molecular complexity index is 449. The third kappa shape index (κ3) is 5.01. The van der Waals surface area contributed by atoms with E-state index in [1.54, 1.807) is 12.1 Å². The molecule has 0 bridgehead atoms. The van der Waals surface area contributed by atoms with E-state index in [-0.39, 0.29) is 17.7 Å². The van der Waals surface area contributed by atoms with Crippen LogP contribution in [-0.4, -0.2) is 43.7 Å². The lowest BCUT2D eigenvalue weighted by atomic mass is 9.98. The summed E-state index contributed by atoms with van der Waals surface area (Å²) in [6.45, 7) is 5.25. The van der Waals surface area contributed by atoms with Crippen molar-refractivity contribution < 1.29 is 18.7 Å². The van der Waals surface area contributed by atoms with Gasteiger partial charge in [0.25, 0.3) is 0 Å². The van der Waals surface area contributed by atoms with Crippen LogP contribution < -0.4 is 4.74 Å². The predicted octanol–water partition coefficient (Wildman–Crippen LogP) is 2.48. The zero-order valence-corrected chi connectivity index (χ0v) is 12.4. The largest absolute Gasteiger partial charge is 0.492 e. The number of ether oxygens (including phenoxy) is 2. The quantitative estimate of drug-likeness (QED) is 0.756. The molecule has 0 aromatic heterocycles. The second-order valence-corrected chi connectivity index (χ2v) is 5.19. The Morgan fingerprint density at radius 2 is 2.14 bits per heavy atom. The van der Waals surface area contributed by atoms with Crippen LogP contribution in [0.5, 0.6) is 5.75 Å². The number of hydrogen-bond donors (Lipinski definition) is 0. The lowest BCUT2D eigenvalue weighted by Crippen LogP contribution is -2.41. The minimum absolute atomic E-state index is 0.0236. The van der Waals surface area contributed by atoms with Crippen molar-refractivity contribution in [1.29, 1.82) is 0 Å². The van der Waals surface area contributed by atoms with Gasteiger partial charge in [-0.1, -0.05) is 0 Å². The van der Waals surface area contributed by atoms with Crippen LogP contribution in [0.1, 0.15) is 19.8 Å². The predicted molar refractivity (Wildman–Crippen MR) is 77.7 cm³/mol. The number of piperidine rings is 1. The van der Waals surface area contributed by atoms with Gasteiger partial charge >= 0.3 is 5.97 Å². The molecule has 0 radical (unpaired) electrons. The lowest BCUT2D eigenvalue weighted by Gasteiger charge is -2.31. The summed E-state index contributed by atoms with van der Waals surface area (Å²) >= 11 is 0. The molecule has 5 heteroatoms. The number of benzene rings is 1. The van der Waals surface area contributed by atoms with E-state index in [2.05, 4.69) is 4.90 Å². The summed E-state index contributed by atoms with van der Waals surface area (Å²) in [6, 6.07) is 6.00. The van der Waals surface area contributed by atoms with Crippen molar-refractivity contribution in [2.24, 2.45) is 5.92 Å². The monoisotopic (exact) mass is 295 g/mol. The molecular weight excluding hydrogens is 273 g/mol. The van der Waals surface area contributed by atoms with Crippen LogP contribution in [0.4, 0.5) is 4.39 Å². The summed E-state index contributed by atoms with van der Waals surface area (Å²) in [6.07, 6.45) is 1.90. The molecule has 1 aliphatic heterocycles. The van der Waals surface area contributed by atoms with Gasteiger partial charge in [-0.05, 0) is 50.6 Å². The molecule has 1 aromatic carbocycles. The average molecular weight is 295 g/mol. The van der Waals surface area contributed by atoms with Crippen LogP contribution in [0.25, 0.3) is 0 Å². The standard InChI is InChI=1S/C16H22FNO3/c1-2-20-16(19)13-4-3-9-18(12-13)10-11-21-15-7-5-14(17)6-8-15/h5-8,13H,2-4,9-12H2,1H3/t13-/m1/s1. The number of likely N-dealkylation sites (tertiary alicyclic amines) is 1. The fourth-order valence-electron chi connectivity index (χ4n) is 2.53. The van der Waals surface area contributed by atoms with Gasteiger partial charge in [-0.25, -0.2) is 4.39 Å². The van der Waals surface area contributed by atoms with Crippen molar-refractivity contribution >= 4 is 5.97 Å². The first kappa shape index (κ1) is 15.8. The van der Waals surface area contributed by atoms with Crippen LogP contribution in [0.3, 0.4) is 0 Å². The molecule has 21 heavy (non-hydrogen) atoms. The van der Waals surface area contributed by atoms with Crippen LogP contribution in [0.15, 0.2) is 24.3 Å². The SMILES string of the molecule is CCOC(=O)[C@@H]1CCCN(CCOc2ccc(F)cc2)C1. The van der Waals surface area contributed by atoms with E-state index < -0.39 is 0 Å². The third-order valence-electron chi connectivity index (χ3n) is 3.62. The number of carbonyl (C=O) groups is 1. The van der Waals surface area contributed by atoms with Gasteiger partial charge in [0.2, 0.25) is 0 Å². The maximum Gasteiger partial charge on any atom is 0.310 e. The van der Waals surface area contributed by atoms with Crippen molar-refractivity contribution in [3.8, 4) is 5.75 Å². The first-order valence-corrected chi connectivity index (χ1v) is 7.46. The fraction of sp³-hybridized carbons (Fsp3) is 0.562. The normalized spacial score (nSPS) is 19.2. The zero-order chi connectivity index (χ0) is 15.1. The Kier molecular flexibility index (Phi) is 5.99. The van der Waals surface area contributed by atoms with Gasteiger partial charge in [0.05, 0.1) is 12.5 Å². The number of halogens is 1. The minimum atomic E-state index is -0.268. The van der Waals surface area contributed by atoms with Crippen LogP contribution in [-0.2, 0) is 9.53 Å². The Morgan fingerprint density at radius 3 is 2.86 bits per heavy atom. The van der Waals surface area contributed by atoms with Gasteiger partial charge in [-0.3, -0.25) is 9.69 Å². The lowest BCUT2D eigenvalue weighted by molar-refractivity contribution is -0.150. The molecule has 0 aliphatic carbocycles. The summed E-state index contributed by atoms with van der Waals surface area (Å²) in [5, 5.41) is 0. The van der Waals surface area contributed by atoms with Crippen molar-refractivity contribution in [3.05, 3.63) is 30.1 Å². The topological polar surface area (TPSA) is 38.8 Å². The molecule has 0 unspecified atom stereocenters. The number of rotatable bonds is 6. The fourth-order valence-corrected chi connectivity index (χ4v) is 2.53. The van der Waals surface area contributed by atoms with E-state index in [0.717, 1.165) is 32.5 Å². The number of esters is 1. The summed E-state index contributed by atoms with van der Waals surface area (Å²) in [4.78, 5) is 14.0. The molecule has 0 amide bonds. The molecule has 0 N–H and O–H groups in total. The Labute approximate surface area is 124 Å². The molecule has 0 spiro atoms. The van der Waals surface area contributed by atoms with Gasteiger partial charge in [0, 0.05) is 13.1 Å². The molecule has 1 fully saturated rings. The van der Waals surface area contributed by atoms with E-state index in [1.807, 2.05) is 6.92 Å². The zero-order valence-electron chi connectivity index (χ0n) is 12.4. The first-order chi connectivity index (χ1) is 10.2. The second kappa shape index (κ2) is 7.98. The van der Waals surface area contributed by atoms with Gasteiger partial charge in [-0.15, -0.1) is 0 Å². The van der Waals surface area contributed by atoms with Crippen molar-refractivity contribution in [2.45, 2.75) is 19.8 Å². The highest BCUT2D eigenvalue weighted by Crippen LogP contribution is 2.18. The molecule has 1 saturated heterocycles. The van der Waals surface area contributed by atoms with Gasteiger partial charge in [-0.2, -0.15) is 0 Å². The number of hydrogen-bond acceptors (Lipinski definition) is 4. The van der Waals surface area contributed by atoms with E-state index in [1.165, 1.54) is 12.1 Å². The highest BCUT2D eigenvalue weighted by atomic mass is 19.1. The van der Waals surface area contributed by atoms with Gasteiger partial charge in [0.1, 0.15) is 18.2 Å². The molecule has 1 aromatic rings. The van der Waals surface area contributed by atoms with Gasteiger partial charge in [0.15, 0.2) is 0 Å². The number of carbonyl (C=O) groups excluding carboxylic acids is 1. The van der Waals surface area contributed by atoms with Crippen molar-refractivity contribution in [2.75, 3.05) is 32.8 Å². The van der Waals surface area contributed by atoms with Crippen LogP contribution >= 0.6 is 0 Å². The highest BCUT2D eigenvalue weighted by Gasteiger charge is 2.26. The maximum absolute atomic E-state index is 12.8. The molecule has 116 valence electrons. The van der Waals surface area contributed by atoms with Gasteiger partial charge < -0.3 is 9.47 Å². The Hall–Kier alpha value is -1.62. The first-order valence-electron chi connectivity index (χ1n) is 7.46. The second-order valence-electron chi connectivity index (χ2n) is 5.19. The average Bonchev–Trinajstić information content (AvgIpc) is 2.50. The summed E-state index contributed by atoms with van der Waals surface area (Å²) < 4.78 is 23.4. The van der Waals surface area contributed by atoms with Crippen LogP contribution in [0.2, 0.25) is 0 Å². The van der Waals surface area contributed by atoms with Crippen molar-refractivity contribution in [3.63, 3.8) is 0 Å². The third-order valence-corrected chi connectivity index (χ3v) is 3.62. The number of nitrogens with zero attached hydrogens (tertiary/aromatic N) is 1. The molecule has 1 atom stereocenters. The smallest absolute Gasteiger partial charge is 0.310 e. The minimum Gasteiger partial charge on any atom is -0.492 e. The Balaban J connectivity index is 1.72.